The fraction of sp³-hybridized carbons (Fsp3) is 0.909. The Morgan fingerprint density at radius 1 is 1.47 bits per heavy atom. The third-order valence-corrected chi connectivity index (χ3v) is 2.59. The van der Waals surface area contributed by atoms with Crippen LogP contribution >= 0.6 is 0 Å². The minimum atomic E-state index is -0.413. The lowest BCUT2D eigenvalue weighted by atomic mass is 9.98. The summed E-state index contributed by atoms with van der Waals surface area (Å²) in [4.78, 5) is 11.4. The summed E-state index contributed by atoms with van der Waals surface area (Å²) in [5.41, 5.74) is -0.413. The monoisotopic (exact) mass is 214 g/mol. The molecule has 0 spiro atoms. The van der Waals surface area contributed by atoms with Gasteiger partial charge < -0.3 is 15.4 Å². The van der Waals surface area contributed by atoms with E-state index in [1.165, 1.54) is 0 Å². The molecule has 1 saturated heterocycles. The van der Waals surface area contributed by atoms with E-state index >= 15 is 0 Å². The van der Waals surface area contributed by atoms with Crippen LogP contribution in [0.25, 0.3) is 0 Å². The molecule has 4 nitrogen and oxygen atoms in total. The lowest BCUT2D eigenvalue weighted by molar-refractivity contribution is 0.0518. The molecule has 1 fully saturated rings. The van der Waals surface area contributed by atoms with Gasteiger partial charge in [0.25, 0.3) is 0 Å². The highest BCUT2D eigenvalue weighted by Crippen LogP contribution is 2.14. The van der Waals surface area contributed by atoms with Crippen LogP contribution in [0.15, 0.2) is 0 Å². The van der Waals surface area contributed by atoms with Crippen LogP contribution in [0.5, 0.6) is 0 Å². The first-order valence-electron chi connectivity index (χ1n) is 5.56. The van der Waals surface area contributed by atoms with Crippen LogP contribution in [-0.2, 0) is 4.74 Å². The molecule has 2 atom stereocenters. The Labute approximate surface area is 91.8 Å². The van der Waals surface area contributed by atoms with E-state index in [0.29, 0.717) is 18.4 Å². The topological polar surface area (TPSA) is 50.4 Å². The Morgan fingerprint density at radius 3 is 2.60 bits per heavy atom. The van der Waals surface area contributed by atoms with Crippen LogP contribution in [-0.4, -0.2) is 31.3 Å². The third kappa shape index (κ3) is 4.51. The summed E-state index contributed by atoms with van der Waals surface area (Å²) in [5.74, 6) is 1.15. The predicted molar refractivity (Wildman–Crippen MR) is 59.8 cm³/mol. The molecular weight excluding hydrogens is 192 g/mol. The summed E-state index contributed by atoms with van der Waals surface area (Å²) in [6.45, 7) is 10.5. The number of rotatable bonds is 2. The Morgan fingerprint density at radius 2 is 2.13 bits per heavy atom. The summed E-state index contributed by atoms with van der Waals surface area (Å²) >= 11 is 0. The molecule has 2 N–H and O–H groups in total. The lowest BCUT2D eigenvalue weighted by Gasteiger charge is -2.21. The molecule has 88 valence electrons. The zero-order valence-electron chi connectivity index (χ0n) is 10.1. The van der Waals surface area contributed by atoms with Gasteiger partial charge in [-0.25, -0.2) is 4.79 Å². The van der Waals surface area contributed by atoms with E-state index in [2.05, 4.69) is 17.6 Å². The highest BCUT2D eigenvalue weighted by molar-refractivity contribution is 5.67. The minimum Gasteiger partial charge on any atom is -0.444 e. The van der Waals surface area contributed by atoms with Crippen LogP contribution < -0.4 is 10.6 Å². The lowest BCUT2D eigenvalue weighted by Crippen LogP contribution is -2.36. The zero-order valence-corrected chi connectivity index (χ0v) is 10.1. The number of alkyl carbamates (subject to hydrolysis) is 1. The van der Waals surface area contributed by atoms with E-state index in [9.17, 15) is 4.79 Å². The Balaban J connectivity index is 2.22. The number of ether oxygens (including phenoxy) is 1. The average molecular weight is 214 g/mol. The van der Waals surface area contributed by atoms with E-state index in [0.717, 1.165) is 13.1 Å². The van der Waals surface area contributed by atoms with Gasteiger partial charge >= 0.3 is 6.09 Å². The minimum absolute atomic E-state index is 0.318. The van der Waals surface area contributed by atoms with Crippen molar-refractivity contribution in [2.45, 2.75) is 33.3 Å². The van der Waals surface area contributed by atoms with Crippen molar-refractivity contribution in [2.24, 2.45) is 11.8 Å². The van der Waals surface area contributed by atoms with Gasteiger partial charge in [0.15, 0.2) is 0 Å². The number of hydrogen-bond acceptors (Lipinski definition) is 3. The van der Waals surface area contributed by atoms with Crippen LogP contribution in [0.4, 0.5) is 4.79 Å². The first-order valence-corrected chi connectivity index (χ1v) is 5.56. The fourth-order valence-corrected chi connectivity index (χ4v) is 1.67. The van der Waals surface area contributed by atoms with Gasteiger partial charge in [0.1, 0.15) is 5.60 Å². The Kier molecular flexibility index (Phi) is 3.97. The first kappa shape index (κ1) is 12.3. The van der Waals surface area contributed by atoms with Gasteiger partial charge in [0.05, 0.1) is 0 Å². The molecule has 4 heteroatoms. The van der Waals surface area contributed by atoms with Crippen LogP contribution in [0.3, 0.4) is 0 Å². The van der Waals surface area contributed by atoms with Gasteiger partial charge in [-0.3, -0.25) is 0 Å². The van der Waals surface area contributed by atoms with Crippen molar-refractivity contribution in [2.75, 3.05) is 19.6 Å². The van der Waals surface area contributed by atoms with Crippen molar-refractivity contribution in [3.63, 3.8) is 0 Å². The molecule has 0 bridgehead atoms. The maximum atomic E-state index is 11.4. The molecule has 1 heterocycles. The molecule has 0 aliphatic carbocycles. The van der Waals surface area contributed by atoms with E-state index in [1.54, 1.807) is 0 Å². The summed E-state index contributed by atoms with van der Waals surface area (Å²) in [6, 6.07) is 0. The Hall–Kier alpha value is -0.770. The molecule has 0 aromatic rings. The van der Waals surface area contributed by atoms with Crippen molar-refractivity contribution in [1.29, 1.82) is 0 Å². The van der Waals surface area contributed by atoms with E-state index in [1.807, 2.05) is 20.8 Å². The van der Waals surface area contributed by atoms with Crippen molar-refractivity contribution >= 4 is 6.09 Å². The number of amides is 1. The molecular formula is C11H22N2O2. The number of nitrogens with one attached hydrogen (secondary N) is 2. The predicted octanol–water partition coefficient (Wildman–Crippen LogP) is 1.37. The smallest absolute Gasteiger partial charge is 0.407 e. The largest absolute Gasteiger partial charge is 0.444 e. The first-order chi connectivity index (χ1) is 6.88. The summed E-state index contributed by atoms with van der Waals surface area (Å²) < 4.78 is 5.16. The highest BCUT2D eigenvalue weighted by Gasteiger charge is 2.24. The van der Waals surface area contributed by atoms with Gasteiger partial charge in [-0.15, -0.1) is 0 Å². The maximum absolute atomic E-state index is 11.4. The molecule has 0 radical (unpaired) electrons. The number of carbonyl (C=O) groups is 1. The van der Waals surface area contributed by atoms with Gasteiger partial charge in [-0.1, -0.05) is 6.92 Å². The third-order valence-electron chi connectivity index (χ3n) is 2.59. The van der Waals surface area contributed by atoms with E-state index in [4.69, 9.17) is 4.74 Å². The van der Waals surface area contributed by atoms with Crippen molar-refractivity contribution in [1.82, 2.24) is 10.6 Å². The fourth-order valence-electron chi connectivity index (χ4n) is 1.67. The SMILES string of the molecule is C[C@@H]1CNC[C@@H]1CNC(=O)OC(C)(C)C. The second-order valence-electron chi connectivity index (χ2n) is 5.28. The molecule has 0 unspecified atom stereocenters. The van der Waals surface area contributed by atoms with Gasteiger partial charge in [-0.05, 0) is 45.7 Å². The molecule has 1 aliphatic heterocycles. The molecule has 0 aromatic carbocycles. The molecule has 1 amide bonds. The number of carbonyl (C=O) groups excluding carboxylic acids is 1. The molecule has 1 rings (SSSR count). The summed E-state index contributed by atoms with van der Waals surface area (Å²) in [5, 5.41) is 6.11. The maximum Gasteiger partial charge on any atom is 0.407 e. The molecule has 15 heavy (non-hydrogen) atoms. The van der Waals surface area contributed by atoms with Crippen LogP contribution in [0.2, 0.25) is 0 Å². The van der Waals surface area contributed by atoms with Gasteiger partial charge in [0, 0.05) is 6.54 Å². The van der Waals surface area contributed by atoms with E-state index in [-0.39, 0.29) is 6.09 Å². The normalized spacial score (nSPS) is 26.4. The molecule has 1 aliphatic rings. The number of hydrogen-bond donors (Lipinski definition) is 2. The van der Waals surface area contributed by atoms with Gasteiger partial charge in [-0.2, -0.15) is 0 Å². The quantitative estimate of drug-likeness (QED) is 0.730. The van der Waals surface area contributed by atoms with Crippen molar-refractivity contribution in [3.8, 4) is 0 Å². The van der Waals surface area contributed by atoms with Crippen LogP contribution in [0, 0.1) is 11.8 Å². The highest BCUT2D eigenvalue weighted by atomic mass is 16.6. The summed E-state index contributed by atoms with van der Waals surface area (Å²) in [6.07, 6.45) is -0.318. The molecule has 0 saturated carbocycles. The Bertz CT molecular complexity index is 223. The average Bonchev–Trinajstić information content (AvgIpc) is 2.44. The van der Waals surface area contributed by atoms with Gasteiger partial charge in [0.2, 0.25) is 0 Å². The second-order valence-corrected chi connectivity index (χ2v) is 5.28. The van der Waals surface area contributed by atoms with E-state index < -0.39 is 5.60 Å². The van der Waals surface area contributed by atoms with Crippen molar-refractivity contribution in [3.05, 3.63) is 0 Å². The standard InChI is InChI=1S/C11H22N2O2/c1-8-5-12-6-9(8)7-13-10(14)15-11(2,3)4/h8-9,12H,5-7H2,1-4H3,(H,13,14)/t8-,9-/m1/s1. The van der Waals surface area contributed by atoms with Crippen LogP contribution in [0.1, 0.15) is 27.7 Å². The zero-order chi connectivity index (χ0) is 11.5. The summed E-state index contributed by atoms with van der Waals surface area (Å²) in [7, 11) is 0. The molecule has 0 aromatic heterocycles. The second kappa shape index (κ2) is 4.84. The van der Waals surface area contributed by atoms with Crippen molar-refractivity contribution < 1.29 is 9.53 Å².